The fourth-order valence-corrected chi connectivity index (χ4v) is 11.8. The molecule has 44 heavy (non-hydrogen) atoms. The normalized spacial score (nSPS) is 43.0. The lowest BCUT2D eigenvalue weighted by Crippen LogP contribution is -2.64. The molecule has 7 atom stereocenters. The molecule has 7 unspecified atom stereocenters. The first-order valence-electron chi connectivity index (χ1n) is 17.3. The predicted molar refractivity (Wildman–Crippen MR) is 170 cm³/mol. The number of carbonyl (C=O) groups excluding carboxylic acids is 3. The number of nitrogens with zero attached hydrogens (tertiary/aromatic N) is 2. The molecule has 6 heteroatoms. The Balaban J connectivity index is 1.38. The number of aliphatic hydroxyl groups excluding tert-OH is 1. The molecule has 6 rings (SSSR count). The average molecular weight is 603 g/mol. The molecule has 3 saturated carbocycles. The summed E-state index contributed by atoms with van der Waals surface area (Å²) in [5.74, 6) is 0.538. The van der Waals surface area contributed by atoms with E-state index in [2.05, 4.69) is 40.7 Å². The average Bonchev–Trinajstić information content (AvgIpc) is 2.95. The Hall–Kier alpha value is -2.26. The number of likely N-dealkylation sites (tertiary alicyclic amines) is 1. The Morgan fingerprint density at radius 1 is 0.977 bits per heavy atom. The molecule has 5 aliphatic carbocycles. The van der Waals surface area contributed by atoms with Crippen LogP contribution in [0.1, 0.15) is 119 Å². The van der Waals surface area contributed by atoms with Crippen molar-refractivity contribution in [2.45, 2.75) is 125 Å². The molecule has 0 aromatic carbocycles. The zero-order valence-corrected chi connectivity index (χ0v) is 28.2. The van der Waals surface area contributed by atoms with Crippen molar-refractivity contribution in [3.63, 3.8) is 0 Å². The summed E-state index contributed by atoms with van der Waals surface area (Å²) in [5.41, 5.74) is -0.125. The van der Waals surface area contributed by atoms with Gasteiger partial charge in [0.1, 0.15) is 6.07 Å². The SMILES string of the molecule is CC1(C)CCC2(CCC(=O)N3CCC(O)CC3)CCC3(C)C(C(=O)C=C4C5(C)C=C(C#N)C(=O)C(C)(C)C5CCC43C)C2C1. The van der Waals surface area contributed by atoms with Crippen LogP contribution in [0.2, 0.25) is 0 Å². The van der Waals surface area contributed by atoms with Crippen molar-refractivity contribution in [3.05, 3.63) is 23.3 Å². The number of fused-ring (bicyclic) bond motifs is 7. The molecule has 6 nitrogen and oxygen atoms in total. The van der Waals surface area contributed by atoms with E-state index in [9.17, 15) is 24.8 Å². The minimum absolute atomic E-state index is 0.0176. The summed E-state index contributed by atoms with van der Waals surface area (Å²) in [4.78, 5) is 43.4. The third-order valence-electron chi connectivity index (χ3n) is 14.7. The first kappa shape index (κ1) is 31.7. The standard InChI is InChI=1S/C38H54N2O4/c1-33(2)14-16-38(13-9-30(43)40-18-10-25(41)11-19-40)17-15-37(7)31(26(38)22-33)27(42)20-29-35(5)21-24(23-39)32(44)34(3,4)28(35)8-12-36(29,37)6/h20-21,25-26,28,31,41H,8-19,22H2,1-7H3. The van der Waals surface area contributed by atoms with Gasteiger partial charge in [-0.05, 0) is 104 Å². The molecule has 1 N–H and O–H groups in total. The number of allylic oxidation sites excluding steroid dienone is 4. The maximum Gasteiger partial charge on any atom is 0.222 e. The van der Waals surface area contributed by atoms with Crippen molar-refractivity contribution in [2.75, 3.05) is 13.1 Å². The molecule has 0 spiro atoms. The molecule has 6 aliphatic rings. The Kier molecular flexibility index (Phi) is 7.29. The zero-order chi connectivity index (χ0) is 32.1. The van der Waals surface area contributed by atoms with Crippen LogP contribution in [0.25, 0.3) is 0 Å². The van der Waals surface area contributed by atoms with Gasteiger partial charge in [-0.25, -0.2) is 0 Å². The summed E-state index contributed by atoms with van der Waals surface area (Å²) in [7, 11) is 0. The third-order valence-corrected chi connectivity index (χ3v) is 14.7. The summed E-state index contributed by atoms with van der Waals surface area (Å²) in [6.45, 7) is 16.9. The Labute approximate surface area is 264 Å². The number of amides is 1. The molecule has 1 amide bonds. The van der Waals surface area contributed by atoms with Gasteiger partial charge in [0.2, 0.25) is 5.91 Å². The van der Waals surface area contributed by atoms with Crippen LogP contribution < -0.4 is 0 Å². The number of ketones is 2. The minimum Gasteiger partial charge on any atom is -0.393 e. The molecule has 240 valence electrons. The van der Waals surface area contributed by atoms with Gasteiger partial charge in [-0.3, -0.25) is 14.4 Å². The van der Waals surface area contributed by atoms with Crippen molar-refractivity contribution in [2.24, 2.45) is 50.2 Å². The number of hydrogen-bond acceptors (Lipinski definition) is 5. The predicted octanol–water partition coefficient (Wildman–Crippen LogP) is 6.97. The number of hydrogen-bond donors (Lipinski definition) is 1. The molecule has 0 aromatic rings. The zero-order valence-electron chi connectivity index (χ0n) is 28.2. The number of aliphatic hydroxyl groups is 1. The van der Waals surface area contributed by atoms with Gasteiger partial charge >= 0.3 is 0 Å². The van der Waals surface area contributed by atoms with Gasteiger partial charge in [0, 0.05) is 36.3 Å². The molecule has 0 aromatic heterocycles. The number of piperidine rings is 1. The van der Waals surface area contributed by atoms with Gasteiger partial charge in [-0.1, -0.05) is 60.1 Å². The molecule has 4 fully saturated rings. The van der Waals surface area contributed by atoms with Crippen LogP contribution in [-0.4, -0.2) is 46.7 Å². The van der Waals surface area contributed by atoms with Gasteiger partial charge in [0.25, 0.3) is 0 Å². The van der Waals surface area contributed by atoms with Crippen LogP contribution in [0.3, 0.4) is 0 Å². The number of Topliss-reactive ketones (excluding diaryl/α,β-unsaturated/α-hetero) is 1. The van der Waals surface area contributed by atoms with Crippen LogP contribution in [-0.2, 0) is 14.4 Å². The Bertz CT molecular complexity index is 1370. The van der Waals surface area contributed by atoms with Crippen LogP contribution in [0.5, 0.6) is 0 Å². The minimum atomic E-state index is -0.661. The lowest BCUT2D eigenvalue weighted by atomic mass is 9.34. The largest absolute Gasteiger partial charge is 0.393 e. The highest BCUT2D eigenvalue weighted by molar-refractivity contribution is 6.04. The van der Waals surface area contributed by atoms with Crippen molar-refractivity contribution < 1.29 is 19.5 Å². The van der Waals surface area contributed by atoms with Gasteiger partial charge < -0.3 is 10.0 Å². The molecule has 0 radical (unpaired) electrons. The second-order valence-electron chi connectivity index (χ2n) is 17.7. The first-order valence-corrected chi connectivity index (χ1v) is 17.3. The van der Waals surface area contributed by atoms with E-state index in [1.807, 2.05) is 30.9 Å². The highest BCUT2D eigenvalue weighted by Crippen LogP contribution is 2.75. The highest BCUT2D eigenvalue weighted by atomic mass is 16.3. The van der Waals surface area contributed by atoms with E-state index in [1.165, 1.54) is 0 Å². The lowest BCUT2D eigenvalue weighted by Gasteiger charge is -2.69. The van der Waals surface area contributed by atoms with E-state index in [1.54, 1.807) is 0 Å². The smallest absolute Gasteiger partial charge is 0.222 e. The van der Waals surface area contributed by atoms with E-state index in [0.29, 0.717) is 32.4 Å². The quantitative estimate of drug-likeness (QED) is 0.376. The monoisotopic (exact) mass is 602 g/mol. The van der Waals surface area contributed by atoms with Crippen molar-refractivity contribution in [3.8, 4) is 6.07 Å². The molecular formula is C38H54N2O4. The van der Waals surface area contributed by atoms with E-state index in [4.69, 9.17) is 0 Å². The van der Waals surface area contributed by atoms with Gasteiger partial charge in [0.15, 0.2) is 11.6 Å². The maximum atomic E-state index is 14.7. The topological polar surface area (TPSA) is 98.5 Å². The van der Waals surface area contributed by atoms with Crippen LogP contribution in [0.4, 0.5) is 0 Å². The number of nitriles is 1. The Morgan fingerprint density at radius 2 is 1.64 bits per heavy atom. The molecule has 1 aliphatic heterocycles. The summed E-state index contributed by atoms with van der Waals surface area (Å²) < 4.78 is 0. The van der Waals surface area contributed by atoms with Crippen molar-refractivity contribution >= 4 is 17.5 Å². The van der Waals surface area contributed by atoms with E-state index in [0.717, 1.165) is 56.9 Å². The lowest BCUT2D eigenvalue weighted by molar-refractivity contribution is -0.173. The fraction of sp³-hybridized carbons (Fsp3) is 0.789. The van der Waals surface area contributed by atoms with Gasteiger partial charge in [0.05, 0.1) is 11.7 Å². The van der Waals surface area contributed by atoms with E-state index in [-0.39, 0.29) is 68.6 Å². The third kappa shape index (κ3) is 4.38. The molecule has 1 heterocycles. The summed E-state index contributed by atoms with van der Waals surface area (Å²) >= 11 is 0. The van der Waals surface area contributed by atoms with Crippen molar-refractivity contribution in [1.82, 2.24) is 4.90 Å². The second kappa shape index (κ2) is 10.1. The van der Waals surface area contributed by atoms with Crippen molar-refractivity contribution in [1.29, 1.82) is 5.26 Å². The van der Waals surface area contributed by atoms with E-state index < -0.39 is 10.8 Å². The molecule has 0 bridgehead atoms. The number of rotatable bonds is 3. The first-order chi connectivity index (χ1) is 20.4. The van der Waals surface area contributed by atoms with Gasteiger partial charge in [-0.2, -0.15) is 5.26 Å². The number of carbonyl (C=O) groups is 3. The highest BCUT2D eigenvalue weighted by Gasteiger charge is 2.69. The summed E-state index contributed by atoms with van der Waals surface area (Å²) in [6.07, 6.45) is 13.3. The second-order valence-corrected chi connectivity index (χ2v) is 17.7. The summed E-state index contributed by atoms with van der Waals surface area (Å²) in [5, 5.41) is 19.9. The van der Waals surface area contributed by atoms with Crippen LogP contribution >= 0.6 is 0 Å². The van der Waals surface area contributed by atoms with Crippen LogP contribution in [0.15, 0.2) is 23.3 Å². The molecule has 1 saturated heterocycles. The van der Waals surface area contributed by atoms with E-state index >= 15 is 0 Å². The van der Waals surface area contributed by atoms with Gasteiger partial charge in [-0.15, -0.1) is 0 Å². The Morgan fingerprint density at radius 3 is 2.30 bits per heavy atom. The summed E-state index contributed by atoms with van der Waals surface area (Å²) in [6, 6.07) is 2.21. The maximum absolute atomic E-state index is 14.7. The van der Waals surface area contributed by atoms with Crippen LogP contribution in [0, 0.1) is 61.6 Å². The fourth-order valence-electron chi connectivity index (χ4n) is 11.8. The molecular weight excluding hydrogens is 548 g/mol.